The summed E-state index contributed by atoms with van der Waals surface area (Å²) in [5.41, 5.74) is 5.52. The molecule has 0 aromatic carbocycles. The predicted molar refractivity (Wildman–Crippen MR) is 75.4 cm³/mol. The van der Waals surface area contributed by atoms with Crippen LogP contribution in [0, 0.1) is 5.92 Å². The highest BCUT2D eigenvalue weighted by Gasteiger charge is 2.18. The van der Waals surface area contributed by atoms with Crippen molar-refractivity contribution >= 4 is 5.91 Å². The second kappa shape index (κ2) is 10.3. The molecule has 0 aliphatic carbocycles. The molecule has 18 heavy (non-hydrogen) atoms. The van der Waals surface area contributed by atoms with Crippen molar-refractivity contribution in [3.8, 4) is 0 Å². The molecule has 0 spiro atoms. The molecule has 0 saturated carbocycles. The normalized spacial score (nSPS) is 14.3. The second-order valence-electron chi connectivity index (χ2n) is 5.06. The molecule has 0 aliphatic rings. The van der Waals surface area contributed by atoms with E-state index in [0.29, 0.717) is 32.0 Å². The minimum atomic E-state index is 0.241. The molecular formula is C14H30N2O2. The maximum absolute atomic E-state index is 12.2. The third kappa shape index (κ3) is 6.97. The SMILES string of the molecule is CCC(C)N(CCOC)C(=O)CCC(C)CCN. The fraction of sp³-hybridized carbons (Fsp3) is 0.929. The van der Waals surface area contributed by atoms with Gasteiger partial charge in [-0.15, -0.1) is 0 Å². The number of nitrogens with two attached hydrogens (primary N) is 1. The minimum absolute atomic E-state index is 0.241. The van der Waals surface area contributed by atoms with Crippen LogP contribution < -0.4 is 5.73 Å². The Bertz CT molecular complexity index is 222. The Morgan fingerprint density at radius 3 is 2.50 bits per heavy atom. The highest BCUT2D eigenvalue weighted by atomic mass is 16.5. The zero-order valence-corrected chi connectivity index (χ0v) is 12.4. The molecule has 2 unspecified atom stereocenters. The third-order valence-corrected chi connectivity index (χ3v) is 3.49. The molecule has 0 radical (unpaired) electrons. The lowest BCUT2D eigenvalue weighted by molar-refractivity contribution is -0.134. The van der Waals surface area contributed by atoms with Crippen LogP contribution in [0.2, 0.25) is 0 Å². The van der Waals surface area contributed by atoms with Gasteiger partial charge in [-0.05, 0) is 38.6 Å². The lowest BCUT2D eigenvalue weighted by Gasteiger charge is -2.29. The van der Waals surface area contributed by atoms with Crippen molar-refractivity contribution < 1.29 is 9.53 Å². The van der Waals surface area contributed by atoms with Crippen molar-refractivity contribution in [3.05, 3.63) is 0 Å². The molecule has 4 heteroatoms. The predicted octanol–water partition coefficient (Wildman–Crippen LogP) is 2.02. The van der Waals surface area contributed by atoms with Crippen LogP contribution in [-0.4, -0.2) is 43.7 Å². The molecule has 108 valence electrons. The van der Waals surface area contributed by atoms with Crippen LogP contribution in [0.25, 0.3) is 0 Å². The van der Waals surface area contributed by atoms with Crippen LogP contribution in [0.3, 0.4) is 0 Å². The largest absolute Gasteiger partial charge is 0.383 e. The molecule has 4 nitrogen and oxygen atoms in total. The minimum Gasteiger partial charge on any atom is -0.383 e. The summed E-state index contributed by atoms with van der Waals surface area (Å²) in [5, 5.41) is 0. The summed E-state index contributed by atoms with van der Waals surface area (Å²) in [4.78, 5) is 14.1. The van der Waals surface area contributed by atoms with E-state index in [2.05, 4.69) is 20.8 Å². The Kier molecular flexibility index (Phi) is 9.98. The van der Waals surface area contributed by atoms with E-state index in [4.69, 9.17) is 10.5 Å². The number of methoxy groups -OCH3 is 1. The van der Waals surface area contributed by atoms with Gasteiger partial charge < -0.3 is 15.4 Å². The van der Waals surface area contributed by atoms with Gasteiger partial charge in [-0.1, -0.05) is 13.8 Å². The summed E-state index contributed by atoms with van der Waals surface area (Å²) in [6.07, 6.45) is 3.52. The van der Waals surface area contributed by atoms with Crippen molar-refractivity contribution in [3.63, 3.8) is 0 Å². The first-order valence-corrected chi connectivity index (χ1v) is 7.05. The molecule has 2 N–H and O–H groups in total. The lowest BCUT2D eigenvalue weighted by Crippen LogP contribution is -2.40. The molecular weight excluding hydrogens is 228 g/mol. The van der Waals surface area contributed by atoms with Crippen molar-refractivity contribution in [2.75, 3.05) is 26.8 Å². The number of amides is 1. The van der Waals surface area contributed by atoms with E-state index in [9.17, 15) is 4.79 Å². The molecule has 0 heterocycles. The number of rotatable bonds is 10. The molecule has 1 amide bonds. The molecule has 0 bridgehead atoms. The monoisotopic (exact) mass is 258 g/mol. The molecule has 2 atom stereocenters. The summed E-state index contributed by atoms with van der Waals surface area (Å²) < 4.78 is 5.07. The number of hydrogen-bond donors (Lipinski definition) is 1. The quantitative estimate of drug-likeness (QED) is 0.652. The first-order valence-electron chi connectivity index (χ1n) is 7.05. The zero-order chi connectivity index (χ0) is 14.0. The second-order valence-corrected chi connectivity index (χ2v) is 5.06. The van der Waals surface area contributed by atoms with Crippen LogP contribution in [-0.2, 0) is 9.53 Å². The van der Waals surface area contributed by atoms with Gasteiger partial charge in [0.2, 0.25) is 5.91 Å². The molecule has 0 aromatic rings. The molecule has 0 fully saturated rings. The number of carbonyl (C=O) groups is 1. The standard InChI is InChI=1S/C14H30N2O2/c1-5-13(3)16(10-11-18-4)14(17)7-6-12(2)8-9-15/h12-13H,5-11,15H2,1-4H3. The highest BCUT2D eigenvalue weighted by molar-refractivity contribution is 5.76. The zero-order valence-electron chi connectivity index (χ0n) is 12.4. The van der Waals surface area contributed by atoms with Crippen LogP contribution in [0.1, 0.15) is 46.5 Å². The number of hydrogen-bond acceptors (Lipinski definition) is 3. The van der Waals surface area contributed by atoms with Gasteiger partial charge in [-0.2, -0.15) is 0 Å². The van der Waals surface area contributed by atoms with Gasteiger partial charge in [-0.3, -0.25) is 4.79 Å². The van der Waals surface area contributed by atoms with Gasteiger partial charge in [0, 0.05) is 26.1 Å². The van der Waals surface area contributed by atoms with E-state index in [1.807, 2.05) is 4.90 Å². The Balaban J connectivity index is 4.19. The van der Waals surface area contributed by atoms with Crippen LogP contribution in [0.5, 0.6) is 0 Å². The first kappa shape index (κ1) is 17.4. The molecule has 0 aliphatic heterocycles. The van der Waals surface area contributed by atoms with E-state index in [0.717, 1.165) is 19.3 Å². The maximum Gasteiger partial charge on any atom is 0.222 e. The van der Waals surface area contributed by atoms with Gasteiger partial charge in [0.15, 0.2) is 0 Å². The fourth-order valence-electron chi connectivity index (χ4n) is 1.94. The van der Waals surface area contributed by atoms with Crippen molar-refractivity contribution in [2.24, 2.45) is 11.7 Å². The van der Waals surface area contributed by atoms with Gasteiger partial charge in [-0.25, -0.2) is 0 Å². The summed E-state index contributed by atoms with van der Waals surface area (Å²) in [7, 11) is 1.67. The van der Waals surface area contributed by atoms with E-state index in [1.165, 1.54) is 0 Å². The van der Waals surface area contributed by atoms with E-state index >= 15 is 0 Å². The van der Waals surface area contributed by atoms with Crippen molar-refractivity contribution in [1.82, 2.24) is 4.90 Å². The van der Waals surface area contributed by atoms with Gasteiger partial charge in [0.1, 0.15) is 0 Å². The Morgan fingerprint density at radius 1 is 1.33 bits per heavy atom. The summed E-state index contributed by atoms with van der Waals surface area (Å²) in [6, 6.07) is 0.289. The summed E-state index contributed by atoms with van der Waals surface area (Å²) in [6.45, 7) is 8.35. The number of ether oxygens (including phenoxy) is 1. The van der Waals surface area contributed by atoms with Gasteiger partial charge >= 0.3 is 0 Å². The van der Waals surface area contributed by atoms with Crippen LogP contribution in [0.4, 0.5) is 0 Å². The Hall–Kier alpha value is -0.610. The first-order chi connectivity index (χ1) is 8.56. The van der Waals surface area contributed by atoms with Crippen LogP contribution in [0.15, 0.2) is 0 Å². The molecule has 0 rings (SSSR count). The van der Waals surface area contributed by atoms with E-state index < -0.39 is 0 Å². The maximum atomic E-state index is 12.2. The summed E-state index contributed by atoms with van der Waals surface area (Å²) >= 11 is 0. The lowest BCUT2D eigenvalue weighted by atomic mass is 10.0. The topological polar surface area (TPSA) is 55.6 Å². The average molecular weight is 258 g/mol. The van der Waals surface area contributed by atoms with Crippen molar-refractivity contribution in [2.45, 2.75) is 52.5 Å². The van der Waals surface area contributed by atoms with E-state index in [1.54, 1.807) is 7.11 Å². The Morgan fingerprint density at radius 2 is 2.00 bits per heavy atom. The van der Waals surface area contributed by atoms with Gasteiger partial charge in [0.05, 0.1) is 6.61 Å². The fourth-order valence-corrected chi connectivity index (χ4v) is 1.94. The molecule has 0 saturated heterocycles. The van der Waals surface area contributed by atoms with Crippen molar-refractivity contribution in [1.29, 1.82) is 0 Å². The molecule has 0 aromatic heterocycles. The highest BCUT2D eigenvalue weighted by Crippen LogP contribution is 2.13. The number of nitrogens with zero attached hydrogens (tertiary/aromatic N) is 1. The van der Waals surface area contributed by atoms with Crippen LogP contribution >= 0.6 is 0 Å². The third-order valence-electron chi connectivity index (χ3n) is 3.49. The average Bonchev–Trinajstić information content (AvgIpc) is 2.36. The Labute approximate surface area is 112 Å². The smallest absolute Gasteiger partial charge is 0.222 e. The summed E-state index contributed by atoms with van der Waals surface area (Å²) in [5.74, 6) is 0.769. The number of carbonyl (C=O) groups excluding carboxylic acids is 1. The van der Waals surface area contributed by atoms with Gasteiger partial charge in [0.25, 0.3) is 0 Å². The van der Waals surface area contributed by atoms with E-state index in [-0.39, 0.29) is 11.9 Å².